The maximum absolute atomic E-state index is 11.3. The van der Waals surface area contributed by atoms with Gasteiger partial charge in [0.15, 0.2) is 0 Å². The summed E-state index contributed by atoms with van der Waals surface area (Å²) in [6, 6.07) is 0. The molecule has 86 valence electrons. The van der Waals surface area contributed by atoms with Crippen LogP contribution in [0.5, 0.6) is 0 Å². The fourth-order valence-corrected chi connectivity index (χ4v) is 2.11. The highest BCUT2D eigenvalue weighted by atomic mass is 16.5. The molecule has 0 unspecified atom stereocenters. The van der Waals surface area contributed by atoms with Crippen LogP contribution in [-0.2, 0) is 9.53 Å². The van der Waals surface area contributed by atoms with E-state index in [2.05, 4.69) is 26.8 Å². The van der Waals surface area contributed by atoms with E-state index in [0.717, 1.165) is 12.8 Å². The molecule has 1 atom stereocenters. The van der Waals surface area contributed by atoms with Crippen LogP contribution in [0.2, 0.25) is 0 Å². The normalized spacial score (nSPS) is 22.3. The maximum atomic E-state index is 11.3. The average molecular weight is 210 g/mol. The Kier molecular flexibility index (Phi) is 4.86. The lowest BCUT2D eigenvalue weighted by atomic mass is 9.94. The highest BCUT2D eigenvalue weighted by Crippen LogP contribution is 2.23. The van der Waals surface area contributed by atoms with E-state index in [0.29, 0.717) is 12.5 Å². The lowest BCUT2D eigenvalue weighted by Crippen LogP contribution is -2.08. The first kappa shape index (κ1) is 12.3. The van der Waals surface area contributed by atoms with Gasteiger partial charge in [-0.3, -0.25) is 4.79 Å². The van der Waals surface area contributed by atoms with Gasteiger partial charge in [0.05, 0.1) is 12.5 Å². The number of carbonyl (C=O) groups is 1. The Hall–Kier alpha value is -0.790. The lowest BCUT2D eigenvalue weighted by Gasteiger charge is -2.10. The molecule has 15 heavy (non-hydrogen) atoms. The Bertz CT molecular complexity index is 239. The van der Waals surface area contributed by atoms with E-state index in [9.17, 15) is 4.79 Å². The zero-order valence-corrected chi connectivity index (χ0v) is 10.1. The van der Waals surface area contributed by atoms with Gasteiger partial charge in [-0.25, -0.2) is 0 Å². The van der Waals surface area contributed by atoms with E-state index >= 15 is 0 Å². The summed E-state index contributed by atoms with van der Waals surface area (Å²) in [5.74, 6) is 0.783. The van der Waals surface area contributed by atoms with Gasteiger partial charge in [-0.2, -0.15) is 0 Å². The van der Waals surface area contributed by atoms with Crippen molar-refractivity contribution in [2.75, 3.05) is 6.61 Å². The molecule has 2 nitrogen and oxygen atoms in total. The first-order valence-electron chi connectivity index (χ1n) is 6.01. The number of allylic oxidation sites excluding steroid dienone is 2. The monoisotopic (exact) mass is 210 g/mol. The molecular formula is C13H22O2. The average Bonchev–Trinajstić information content (AvgIpc) is 2.61. The van der Waals surface area contributed by atoms with Gasteiger partial charge in [0.25, 0.3) is 0 Å². The Morgan fingerprint density at radius 2 is 2.20 bits per heavy atom. The molecule has 1 aliphatic rings. The predicted octanol–water partition coefficient (Wildman–Crippen LogP) is 3.32. The van der Waals surface area contributed by atoms with Gasteiger partial charge < -0.3 is 4.74 Å². The van der Waals surface area contributed by atoms with Crippen LogP contribution in [0, 0.1) is 11.8 Å². The third-order valence-electron chi connectivity index (χ3n) is 3.18. The molecule has 0 aliphatic carbocycles. The van der Waals surface area contributed by atoms with E-state index in [1.807, 2.05) is 0 Å². The van der Waals surface area contributed by atoms with Gasteiger partial charge in [-0.1, -0.05) is 25.5 Å². The molecule has 1 rings (SSSR count). The molecule has 0 amide bonds. The number of hydrogen-bond donors (Lipinski definition) is 0. The Morgan fingerprint density at radius 1 is 1.53 bits per heavy atom. The van der Waals surface area contributed by atoms with Crippen molar-refractivity contribution in [2.45, 2.75) is 46.5 Å². The quantitative estimate of drug-likeness (QED) is 0.514. The minimum absolute atomic E-state index is 0.00713. The molecule has 1 fully saturated rings. The fraction of sp³-hybridized carbons (Fsp3) is 0.769. The van der Waals surface area contributed by atoms with E-state index in [4.69, 9.17) is 4.74 Å². The number of hydrogen-bond acceptors (Lipinski definition) is 2. The second-order valence-electron chi connectivity index (χ2n) is 4.45. The van der Waals surface area contributed by atoms with Crippen molar-refractivity contribution >= 4 is 5.97 Å². The number of esters is 1. The molecule has 1 aliphatic heterocycles. The van der Waals surface area contributed by atoms with Crippen LogP contribution in [0.4, 0.5) is 0 Å². The van der Waals surface area contributed by atoms with Crippen molar-refractivity contribution in [3.05, 3.63) is 11.6 Å². The van der Waals surface area contributed by atoms with E-state index in [1.165, 1.54) is 18.4 Å². The SMILES string of the molecule is CCC(/C=C(\C)C[C@H]1CCOC1=O)CC. The summed E-state index contributed by atoms with van der Waals surface area (Å²) in [5.41, 5.74) is 1.34. The van der Waals surface area contributed by atoms with Gasteiger partial charge in [-0.05, 0) is 38.5 Å². The standard InChI is InChI=1S/C13H22O2/c1-4-11(5-2)8-10(3)9-12-6-7-15-13(12)14/h8,11-12H,4-7,9H2,1-3H3/b10-8+/t12-/m1/s1. The Labute approximate surface area is 92.7 Å². The Morgan fingerprint density at radius 3 is 2.67 bits per heavy atom. The molecule has 0 spiro atoms. The third kappa shape index (κ3) is 3.69. The molecule has 2 heteroatoms. The lowest BCUT2D eigenvalue weighted by molar-refractivity contribution is -0.141. The summed E-state index contributed by atoms with van der Waals surface area (Å²) >= 11 is 0. The smallest absolute Gasteiger partial charge is 0.309 e. The number of ether oxygens (including phenoxy) is 1. The largest absolute Gasteiger partial charge is 0.465 e. The van der Waals surface area contributed by atoms with Crippen LogP contribution in [-0.4, -0.2) is 12.6 Å². The van der Waals surface area contributed by atoms with Crippen LogP contribution in [0.15, 0.2) is 11.6 Å². The summed E-state index contributed by atoms with van der Waals surface area (Å²) in [6.07, 6.45) is 6.47. The van der Waals surface area contributed by atoms with Crippen LogP contribution in [0.1, 0.15) is 46.5 Å². The molecule has 0 bridgehead atoms. The highest BCUT2D eigenvalue weighted by molar-refractivity contribution is 5.74. The summed E-state index contributed by atoms with van der Waals surface area (Å²) in [4.78, 5) is 11.3. The van der Waals surface area contributed by atoms with Gasteiger partial charge >= 0.3 is 5.97 Å². The van der Waals surface area contributed by atoms with Crippen molar-refractivity contribution in [1.29, 1.82) is 0 Å². The molecule has 0 saturated carbocycles. The summed E-state index contributed by atoms with van der Waals surface area (Å²) in [6.45, 7) is 7.16. The second kappa shape index (κ2) is 5.94. The Balaban J connectivity index is 2.46. The molecule has 1 heterocycles. The number of carbonyl (C=O) groups excluding carboxylic acids is 1. The van der Waals surface area contributed by atoms with E-state index in [-0.39, 0.29) is 11.9 Å². The van der Waals surface area contributed by atoms with Crippen molar-refractivity contribution in [2.24, 2.45) is 11.8 Å². The topological polar surface area (TPSA) is 26.3 Å². The fourth-order valence-electron chi connectivity index (χ4n) is 2.11. The third-order valence-corrected chi connectivity index (χ3v) is 3.18. The molecule has 0 aromatic rings. The molecule has 0 radical (unpaired) electrons. The summed E-state index contributed by atoms with van der Waals surface area (Å²) in [5, 5.41) is 0. The predicted molar refractivity (Wildman–Crippen MR) is 61.5 cm³/mol. The molecule has 0 N–H and O–H groups in total. The number of cyclic esters (lactones) is 1. The minimum Gasteiger partial charge on any atom is -0.465 e. The van der Waals surface area contributed by atoms with Crippen molar-refractivity contribution in [3.63, 3.8) is 0 Å². The van der Waals surface area contributed by atoms with Crippen molar-refractivity contribution in [3.8, 4) is 0 Å². The first-order valence-corrected chi connectivity index (χ1v) is 6.01. The van der Waals surface area contributed by atoms with Crippen LogP contribution in [0.3, 0.4) is 0 Å². The summed E-state index contributed by atoms with van der Waals surface area (Å²) in [7, 11) is 0. The van der Waals surface area contributed by atoms with E-state index in [1.54, 1.807) is 0 Å². The van der Waals surface area contributed by atoms with Crippen molar-refractivity contribution < 1.29 is 9.53 Å². The van der Waals surface area contributed by atoms with Gasteiger partial charge in [0.1, 0.15) is 0 Å². The zero-order valence-electron chi connectivity index (χ0n) is 10.1. The maximum Gasteiger partial charge on any atom is 0.309 e. The van der Waals surface area contributed by atoms with Gasteiger partial charge in [0, 0.05) is 0 Å². The summed E-state index contributed by atoms with van der Waals surface area (Å²) < 4.78 is 4.96. The van der Waals surface area contributed by atoms with Gasteiger partial charge in [0.2, 0.25) is 0 Å². The van der Waals surface area contributed by atoms with Crippen LogP contribution >= 0.6 is 0 Å². The molecule has 0 aromatic heterocycles. The highest BCUT2D eigenvalue weighted by Gasteiger charge is 2.26. The van der Waals surface area contributed by atoms with E-state index < -0.39 is 0 Å². The second-order valence-corrected chi connectivity index (χ2v) is 4.45. The van der Waals surface area contributed by atoms with Crippen molar-refractivity contribution in [1.82, 2.24) is 0 Å². The molecule has 1 saturated heterocycles. The number of rotatable bonds is 5. The minimum atomic E-state index is -0.00713. The zero-order chi connectivity index (χ0) is 11.3. The first-order chi connectivity index (χ1) is 7.17. The van der Waals surface area contributed by atoms with Crippen LogP contribution < -0.4 is 0 Å². The van der Waals surface area contributed by atoms with Crippen LogP contribution in [0.25, 0.3) is 0 Å². The van der Waals surface area contributed by atoms with Gasteiger partial charge in [-0.15, -0.1) is 0 Å². The molecule has 0 aromatic carbocycles. The molecular weight excluding hydrogens is 188 g/mol.